The van der Waals surface area contributed by atoms with E-state index in [2.05, 4.69) is 32.8 Å². The summed E-state index contributed by atoms with van der Waals surface area (Å²) in [5, 5.41) is 4.26. The van der Waals surface area contributed by atoms with Gasteiger partial charge in [0.15, 0.2) is 0 Å². The molecule has 1 aromatic rings. The van der Waals surface area contributed by atoms with Gasteiger partial charge in [0.25, 0.3) is 0 Å². The van der Waals surface area contributed by atoms with Crippen LogP contribution in [0.15, 0.2) is 6.20 Å². The van der Waals surface area contributed by atoms with Gasteiger partial charge < -0.3 is 5.73 Å². The van der Waals surface area contributed by atoms with Crippen molar-refractivity contribution in [1.29, 1.82) is 0 Å². The predicted molar refractivity (Wildman–Crippen MR) is 60.0 cm³/mol. The number of hydrogen-bond donors (Lipinski definition) is 1. The second-order valence-electron chi connectivity index (χ2n) is 5.19. The van der Waals surface area contributed by atoms with Gasteiger partial charge >= 0.3 is 0 Å². The molecule has 0 aliphatic carbocycles. The van der Waals surface area contributed by atoms with Crippen LogP contribution in [0, 0.1) is 18.3 Å². The molecule has 0 aliphatic rings. The predicted octanol–water partition coefficient (Wildman–Crippen LogP) is 2.46. The summed E-state index contributed by atoms with van der Waals surface area (Å²) in [6, 6.07) is 0. The highest BCUT2D eigenvalue weighted by Crippen LogP contribution is 2.26. The molecular weight excluding hydrogens is 174 g/mol. The molecule has 1 rings (SSSR count). The first-order valence-corrected chi connectivity index (χ1v) is 5.10. The van der Waals surface area contributed by atoms with Gasteiger partial charge in [-0.3, -0.25) is 4.68 Å². The lowest BCUT2D eigenvalue weighted by molar-refractivity contribution is 0.226. The van der Waals surface area contributed by atoms with Gasteiger partial charge in [-0.25, -0.2) is 0 Å². The molecule has 1 atom stereocenters. The molecule has 0 aliphatic heterocycles. The van der Waals surface area contributed by atoms with Gasteiger partial charge in [0.2, 0.25) is 0 Å². The topological polar surface area (TPSA) is 43.8 Å². The highest BCUT2D eigenvalue weighted by molar-refractivity contribution is 5.35. The zero-order valence-electron chi connectivity index (χ0n) is 9.83. The Morgan fingerprint density at radius 2 is 2.07 bits per heavy atom. The fourth-order valence-electron chi connectivity index (χ4n) is 1.18. The van der Waals surface area contributed by atoms with Crippen molar-refractivity contribution in [3.63, 3.8) is 0 Å². The van der Waals surface area contributed by atoms with E-state index < -0.39 is 0 Å². The number of aryl methyl sites for hydroxylation is 1. The van der Waals surface area contributed by atoms with Crippen molar-refractivity contribution in [2.75, 3.05) is 5.73 Å². The van der Waals surface area contributed by atoms with Crippen LogP contribution in [0.2, 0.25) is 0 Å². The van der Waals surface area contributed by atoms with Crippen LogP contribution in [0.25, 0.3) is 0 Å². The third-order valence-electron chi connectivity index (χ3n) is 2.92. The summed E-state index contributed by atoms with van der Waals surface area (Å²) in [5.41, 5.74) is 7.07. The van der Waals surface area contributed by atoms with Crippen molar-refractivity contribution in [3.8, 4) is 0 Å². The van der Waals surface area contributed by atoms with Crippen LogP contribution in [0.1, 0.15) is 33.3 Å². The largest absolute Gasteiger partial charge is 0.382 e. The molecule has 80 valence electrons. The normalized spacial score (nSPS) is 14.4. The lowest BCUT2D eigenvalue weighted by Crippen LogP contribution is -2.22. The Morgan fingerprint density at radius 1 is 1.50 bits per heavy atom. The Kier molecular flexibility index (Phi) is 2.88. The molecule has 0 amide bonds. The molecule has 0 saturated carbocycles. The molecule has 0 saturated heterocycles. The molecule has 0 radical (unpaired) electrons. The number of aromatic nitrogens is 2. The van der Waals surface area contributed by atoms with Crippen molar-refractivity contribution < 1.29 is 0 Å². The van der Waals surface area contributed by atoms with E-state index >= 15 is 0 Å². The number of nitrogens with zero attached hydrogens (tertiary/aromatic N) is 2. The van der Waals surface area contributed by atoms with Gasteiger partial charge in [0.1, 0.15) is 5.82 Å². The molecule has 0 aromatic carbocycles. The minimum atomic E-state index is 0.314. The molecule has 0 bridgehead atoms. The fraction of sp³-hybridized carbons (Fsp3) is 0.727. The maximum atomic E-state index is 5.69. The smallest absolute Gasteiger partial charge is 0.148 e. The summed E-state index contributed by atoms with van der Waals surface area (Å²) < 4.78 is 1.95. The van der Waals surface area contributed by atoms with E-state index in [1.807, 2.05) is 17.8 Å². The van der Waals surface area contributed by atoms with Crippen LogP contribution in [-0.4, -0.2) is 9.78 Å². The maximum Gasteiger partial charge on any atom is 0.148 e. The van der Waals surface area contributed by atoms with Crippen molar-refractivity contribution in [1.82, 2.24) is 9.78 Å². The van der Waals surface area contributed by atoms with Gasteiger partial charge in [0, 0.05) is 18.3 Å². The van der Waals surface area contributed by atoms with Crippen molar-refractivity contribution >= 4 is 5.82 Å². The van der Waals surface area contributed by atoms with E-state index in [0.29, 0.717) is 17.2 Å². The molecule has 1 aromatic heterocycles. The molecule has 0 fully saturated rings. The highest BCUT2D eigenvalue weighted by Gasteiger charge is 2.20. The Bertz CT molecular complexity index is 287. The van der Waals surface area contributed by atoms with Crippen LogP contribution in [0.4, 0.5) is 5.82 Å². The zero-order chi connectivity index (χ0) is 10.9. The lowest BCUT2D eigenvalue weighted by Gasteiger charge is -2.26. The average Bonchev–Trinajstić information content (AvgIpc) is 2.29. The van der Waals surface area contributed by atoms with Gasteiger partial charge in [0.05, 0.1) is 0 Å². The van der Waals surface area contributed by atoms with E-state index in [4.69, 9.17) is 5.73 Å². The number of anilines is 1. The zero-order valence-corrected chi connectivity index (χ0v) is 9.83. The van der Waals surface area contributed by atoms with E-state index in [1.165, 1.54) is 0 Å². The van der Waals surface area contributed by atoms with Crippen LogP contribution < -0.4 is 5.73 Å². The number of nitrogens with two attached hydrogens (primary N) is 1. The average molecular weight is 195 g/mol. The van der Waals surface area contributed by atoms with Crippen molar-refractivity contribution in [3.05, 3.63) is 11.8 Å². The molecule has 1 unspecified atom stereocenters. The van der Waals surface area contributed by atoms with E-state index in [9.17, 15) is 0 Å². The Labute approximate surface area is 86.3 Å². The maximum absolute atomic E-state index is 5.69. The van der Waals surface area contributed by atoms with Gasteiger partial charge in [-0.2, -0.15) is 5.10 Å². The first kappa shape index (κ1) is 11.1. The van der Waals surface area contributed by atoms with Gasteiger partial charge in [-0.15, -0.1) is 0 Å². The molecule has 0 spiro atoms. The van der Waals surface area contributed by atoms with Crippen LogP contribution in [0.5, 0.6) is 0 Å². The van der Waals surface area contributed by atoms with Crippen LogP contribution in [0.3, 0.4) is 0 Å². The fourth-order valence-corrected chi connectivity index (χ4v) is 1.18. The van der Waals surface area contributed by atoms with Gasteiger partial charge in [-0.05, 0) is 18.3 Å². The van der Waals surface area contributed by atoms with Crippen molar-refractivity contribution in [2.24, 2.45) is 11.3 Å². The number of hydrogen-bond acceptors (Lipinski definition) is 2. The first-order valence-electron chi connectivity index (χ1n) is 5.10. The summed E-state index contributed by atoms with van der Waals surface area (Å²) in [6.45, 7) is 11.9. The van der Waals surface area contributed by atoms with Crippen LogP contribution in [-0.2, 0) is 6.54 Å². The molecule has 3 nitrogen and oxygen atoms in total. The summed E-state index contributed by atoms with van der Waals surface area (Å²) in [5.74, 6) is 1.23. The van der Waals surface area contributed by atoms with E-state index in [1.54, 1.807) is 0 Å². The Morgan fingerprint density at radius 3 is 2.43 bits per heavy atom. The summed E-state index contributed by atoms with van der Waals surface area (Å²) >= 11 is 0. The monoisotopic (exact) mass is 195 g/mol. The van der Waals surface area contributed by atoms with E-state index in [-0.39, 0.29) is 0 Å². The summed E-state index contributed by atoms with van der Waals surface area (Å²) in [4.78, 5) is 0. The molecule has 14 heavy (non-hydrogen) atoms. The minimum absolute atomic E-state index is 0.314. The van der Waals surface area contributed by atoms with Crippen LogP contribution >= 0.6 is 0 Å². The molecule has 1 heterocycles. The Hall–Kier alpha value is -0.990. The molecule has 3 heteroatoms. The third kappa shape index (κ3) is 2.50. The summed E-state index contributed by atoms with van der Waals surface area (Å²) in [7, 11) is 0. The van der Waals surface area contributed by atoms with Crippen molar-refractivity contribution in [2.45, 2.75) is 41.2 Å². The number of nitrogen functional groups attached to an aromatic ring is 1. The first-order chi connectivity index (χ1) is 6.30. The molecular formula is C11H21N3. The van der Waals surface area contributed by atoms with E-state index in [0.717, 1.165) is 12.1 Å². The lowest BCUT2D eigenvalue weighted by atomic mass is 9.82. The third-order valence-corrected chi connectivity index (χ3v) is 2.92. The molecule has 2 N–H and O–H groups in total. The van der Waals surface area contributed by atoms with Gasteiger partial charge in [-0.1, -0.05) is 27.7 Å². The quantitative estimate of drug-likeness (QED) is 0.787. The minimum Gasteiger partial charge on any atom is -0.382 e. The number of rotatable bonds is 2. The highest BCUT2D eigenvalue weighted by atomic mass is 15.3. The standard InChI is InChI=1S/C11H21N3/c1-8-6-14(13-10(8)12)7-9(2)11(3,4)5/h6,9H,7H2,1-5H3,(H2,12,13). The second-order valence-corrected chi connectivity index (χ2v) is 5.19. The SMILES string of the molecule is Cc1cn(CC(C)C(C)(C)C)nc1N. The Balaban J connectivity index is 2.70. The summed E-state index contributed by atoms with van der Waals surface area (Å²) in [6.07, 6.45) is 2.01. The second kappa shape index (κ2) is 3.64.